The Morgan fingerprint density at radius 3 is 2.18 bits per heavy atom. The summed E-state index contributed by atoms with van der Waals surface area (Å²) in [6.45, 7) is 8.93. The van der Waals surface area contributed by atoms with Gasteiger partial charge >= 0.3 is 0 Å². The van der Waals surface area contributed by atoms with Crippen molar-refractivity contribution < 1.29 is 13.2 Å². The highest BCUT2D eigenvalue weighted by Crippen LogP contribution is 2.22. The van der Waals surface area contributed by atoms with Crippen molar-refractivity contribution in [2.75, 3.05) is 6.54 Å². The molecule has 0 saturated heterocycles. The number of carbonyl (C=O) groups excluding carboxylic acids is 1. The maximum Gasteiger partial charge on any atom is 0.282 e. The molecule has 0 bridgehead atoms. The van der Waals surface area contributed by atoms with Gasteiger partial charge in [-0.05, 0) is 50.5 Å². The lowest BCUT2D eigenvalue weighted by molar-refractivity contribution is 0.0952. The highest BCUT2D eigenvalue weighted by atomic mass is 32.2. The second kappa shape index (κ2) is 9.89. The molecule has 8 heteroatoms. The molecule has 3 rings (SSSR count). The van der Waals surface area contributed by atoms with Crippen molar-refractivity contribution in [3.05, 3.63) is 81.8 Å². The lowest BCUT2D eigenvalue weighted by Crippen LogP contribution is -2.42. The van der Waals surface area contributed by atoms with Crippen molar-refractivity contribution in [2.45, 2.75) is 57.9 Å². The molecule has 0 aliphatic rings. The van der Waals surface area contributed by atoms with Crippen LogP contribution in [0.2, 0.25) is 0 Å². The molecule has 0 fully saturated rings. The Hall–Kier alpha value is -2.97. The van der Waals surface area contributed by atoms with Crippen molar-refractivity contribution in [1.82, 2.24) is 14.1 Å². The van der Waals surface area contributed by atoms with Crippen LogP contribution >= 0.6 is 0 Å². The normalized spacial score (nSPS) is 12.9. The standard InChI is InChI=1S/C25H31N3O4S/c1-6-19(5)27(33(31,32)21-10-8-7-9-11-21)16-22(29)23-24(17(2)3)26-28(25(23)30)20-14-12-18(4)13-15-20/h7-15,17,19,26H,6,16H2,1-5H3. The quantitative estimate of drug-likeness (QED) is 0.474. The van der Waals surface area contributed by atoms with Gasteiger partial charge in [0.1, 0.15) is 5.56 Å². The summed E-state index contributed by atoms with van der Waals surface area (Å²) < 4.78 is 29.2. The minimum absolute atomic E-state index is 0.00198. The van der Waals surface area contributed by atoms with E-state index in [4.69, 9.17) is 0 Å². The second-order valence-electron chi connectivity index (χ2n) is 8.58. The fourth-order valence-corrected chi connectivity index (χ4v) is 5.33. The molecule has 0 amide bonds. The lowest BCUT2D eigenvalue weighted by Gasteiger charge is -2.27. The Morgan fingerprint density at radius 1 is 1.03 bits per heavy atom. The number of nitrogens with one attached hydrogen (secondary N) is 1. The summed E-state index contributed by atoms with van der Waals surface area (Å²) in [4.78, 5) is 26.9. The third-order valence-electron chi connectivity index (χ3n) is 5.80. The molecular weight excluding hydrogens is 438 g/mol. The Balaban J connectivity index is 2.06. The number of nitrogens with zero attached hydrogens (tertiary/aromatic N) is 2. The van der Waals surface area contributed by atoms with Gasteiger partial charge < -0.3 is 0 Å². The third kappa shape index (κ3) is 5.02. The van der Waals surface area contributed by atoms with Crippen molar-refractivity contribution in [2.24, 2.45) is 0 Å². The summed E-state index contributed by atoms with van der Waals surface area (Å²) in [6, 6.07) is 15.0. The van der Waals surface area contributed by atoms with Crippen LogP contribution in [-0.2, 0) is 10.0 Å². The maximum absolute atomic E-state index is 13.5. The maximum atomic E-state index is 13.5. The Bertz CT molecular complexity index is 1270. The average molecular weight is 470 g/mol. The molecule has 7 nitrogen and oxygen atoms in total. The molecule has 1 atom stereocenters. The molecular formula is C25H31N3O4S. The van der Waals surface area contributed by atoms with Crippen molar-refractivity contribution in [3.63, 3.8) is 0 Å². The van der Waals surface area contributed by atoms with Crippen LogP contribution in [0.4, 0.5) is 0 Å². The van der Waals surface area contributed by atoms with Crippen LogP contribution in [0.15, 0.2) is 64.3 Å². The van der Waals surface area contributed by atoms with Crippen LogP contribution < -0.4 is 5.56 Å². The van der Waals surface area contributed by atoms with Crippen LogP contribution in [0.25, 0.3) is 5.69 Å². The van der Waals surface area contributed by atoms with Crippen molar-refractivity contribution in [3.8, 4) is 5.69 Å². The molecule has 0 saturated carbocycles. The number of aromatic amines is 1. The van der Waals surface area contributed by atoms with Crippen LogP contribution in [0.3, 0.4) is 0 Å². The van der Waals surface area contributed by atoms with E-state index in [2.05, 4.69) is 5.10 Å². The second-order valence-corrected chi connectivity index (χ2v) is 10.5. The van der Waals surface area contributed by atoms with Crippen LogP contribution in [0.5, 0.6) is 0 Å². The fourth-order valence-electron chi connectivity index (χ4n) is 3.65. The number of aromatic nitrogens is 2. The average Bonchev–Trinajstić information content (AvgIpc) is 3.15. The smallest absolute Gasteiger partial charge is 0.282 e. The van der Waals surface area contributed by atoms with Gasteiger partial charge in [0.15, 0.2) is 5.78 Å². The van der Waals surface area contributed by atoms with Gasteiger partial charge in [0.25, 0.3) is 5.56 Å². The Kier molecular flexibility index (Phi) is 7.39. The van der Waals surface area contributed by atoms with Gasteiger partial charge in [0.2, 0.25) is 10.0 Å². The summed E-state index contributed by atoms with van der Waals surface area (Å²) in [5.74, 6) is -0.656. The first-order valence-electron chi connectivity index (χ1n) is 11.1. The number of hydrogen-bond acceptors (Lipinski definition) is 4. The van der Waals surface area contributed by atoms with E-state index in [9.17, 15) is 18.0 Å². The van der Waals surface area contributed by atoms with E-state index >= 15 is 0 Å². The summed E-state index contributed by atoms with van der Waals surface area (Å²) in [5.41, 5.74) is 1.68. The van der Waals surface area contributed by atoms with Gasteiger partial charge in [0.05, 0.1) is 22.8 Å². The summed E-state index contributed by atoms with van der Waals surface area (Å²) in [5, 5.41) is 3.07. The van der Waals surface area contributed by atoms with Crippen molar-refractivity contribution >= 4 is 15.8 Å². The van der Waals surface area contributed by atoms with E-state index in [-0.39, 0.29) is 16.4 Å². The molecule has 1 N–H and O–H groups in total. The molecule has 1 heterocycles. The first kappa shape index (κ1) is 24.7. The minimum atomic E-state index is -3.92. The summed E-state index contributed by atoms with van der Waals surface area (Å²) in [6.07, 6.45) is 0.525. The molecule has 33 heavy (non-hydrogen) atoms. The molecule has 0 aliphatic carbocycles. The molecule has 3 aromatic rings. The molecule has 1 aromatic heterocycles. The number of rotatable bonds is 9. The summed E-state index contributed by atoms with van der Waals surface area (Å²) in [7, 11) is -3.92. The van der Waals surface area contributed by atoms with Gasteiger partial charge in [-0.3, -0.25) is 14.7 Å². The molecule has 0 spiro atoms. The largest absolute Gasteiger partial charge is 0.294 e. The highest BCUT2D eigenvalue weighted by molar-refractivity contribution is 7.89. The van der Waals surface area contributed by atoms with Gasteiger partial charge in [-0.1, -0.05) is 56.7 Å². The Labute approximate surface area is 195 Å². The monoisotopic (exact) mass is 469 g/mol. The number of aryl methyl sites for hydroxylation is 1. The minimum Gasteiger partial charge on any atom is -0.294 e. The van der Waals surface area contributed by atoms with Gasteiger partial charge in [-0.2, -0.15) is 4.31 Å². The van der Waals surface area contributed by atoms with Crippen LogP contribution in [0, 0.1) is 6.92 Å². The zero-order chi connectivity index (χ0) is 24.3. The van der Waals surface area contributed by atoms with E-state index in [0.717, 1.165) is 5.56 Å². The van der Waals surface area contributed by atoms with E-state index in [1.54, 1.807) is 37.3 Å². The zero-order valence-electron chi connectivity index (χ0n) is 19.7. The van der Waals surface area contributed by atoms with E-state index in [1.165, 1.54) is 21.1 Å². The number of ketones is 1. The number of hydrogen-bond donors (Lipinski definition) is 1. The predicted molar refractivity (Wildman–Crippen MR) is 130 cm³/mol. The van der Waals surface area contributed by atoms with Gasteiger partial charge in [-0.25, -0.2) is 13.1 Å². The summed E-state index contributed by atoms with van der Waals surface area (Å²) >= 11 is 0. The Morgan fingerprint density at radius 2 is 1.64 bits per heavy atom. The number of H-pyrrole nitrogens is 1. The van der Waals surface area contributed by atoms with Gasteiger partial charge in [-0.15, -0.1) is 0 Å². The predicted octanol–water partition coefficient (Wildman–Crippen LogP) is 4.27. The number of sulfonamides is 1. The third-order valence-corrected chi connectivity index (χ3v) is 7.77. The van der Waals surface area contributed by atoms with Crippen LogP contribution in [-0.4, -0.2) is 40.9 Å². The number of Topliss-reactive ketones (excluding diaryl/α,β-unsaturated/α-hetero) is 1. The van der Waals surface area contributed by atoms with E-state index < -0.39 is 34.0 Å². The van der Waals surface area contributed by atoms with Crippen molar-refractivity contribution in [1.29, 1.82) is 0 Å². The van der Waals surface area contributed by atoms with Gasteiger partial charge in [0, 0.05) is 6.04 Å². The number of benzene rings is 2. The van der Waals surface area contributed by atoms with Crippen LogP contribution in [0.1, 0.15) is 61.6 Å². The lowest BCUT2D eigenvalue weighted by atomic mass is 10.0. The first-order chi connectivity index (χ1) is 15.6. The SMILES string of the molecule is CCC(C)N(CC(=O)c1c(C(C)C)[nH]n(-c2ccc(C)cc2)c1=O)S(=O)(=O)c1ccccc1. The molecule has 1 unspecified atom stereocenters. The topological polar surface area (TPSA) is 92.2 Å². The fraction of sp³-hybridized carbons (Fsp3) is 0.360. The molecule has 0 aliphatic heterocycles. The van der Waals surface area contributed by atoms with E-state index in [0.29, 0.717) is 17.8 Å². The number of carbonyl (C=O) groups is 1. The zero-order valence-corrected chi connectivity index (χ0v) is 20.5. The molecule has 176 valence electrons. The molecule has 0 radical (unpaired) electrons. The van der Waals surface area contributed by atoms with E-state index in [1.807, 2.05) is 39.8 Å². The highest BCUT2D eigenvalue weighted by Gasteiger charge is 2.33. The first-order valence-corrected chi connectivity index (χ1v) is 12.5. The molecule has 2 aromatic carbocycles.